The number of nitrogens with one attached hydrogen (secondary N) is 2. The average molecular weight is 493 g/mol. The molecule has 3 aromatic rings. The van der Waals surface area contributed by atoms with Crippen LogP contribution >= 0.6 is 11.6 Å². The van der Waals surface area contributed by atoms with Crippen molar-refractivity contribution in [2.24, 2.45) is 0 Å². The molecule has 1 aromatic heterocycles. The number of nitrogens with zero attached hydrogens (tertiary/aromatic N) is 2. The van der Waals surface area contributed by atoms with E-state index in [1.165, 1.54) is 4.90 Å². The third kappa shape index (κ3) is 3.89. The van der Waals surface area contributed by atoms with E-state index >= 15 is 0 Å². The van der Waals surface area contributed by atoms with E-state index in [1.54, 1.807) is 23.1 Å². The van der Waals surface area contributed by atoms with Gasteiger partial charge in [-0.3, -0.25) is 14.6 Å². The molecule has 3 amide bonds. The number of phenols is 1. The number of hydrogen-bond donors (Lipinski definition) is 3. The van der Waals surface area contributed by atoms with E-state index in [2.05, 4.69) is 16.9 Å². The Morgan fingerprint density at radius 2 is 2.09 bits per heavy atom. The first-order chi connectivity index (χ1) is 16.8. The summed E-state index contributed by atoms with van der Waals surface area (Å²) in [7, 11) is 0. The molecule has 0 radical (unpaired) electrons. The zero-order valence-corrected chi connectivity index (χ0v) is 20.4. The quantitative estimate of drug-likeness (QED) is 0.240. The van der Waals surface area contributed by atoms with Gasteiger partial charge < -0.3 is 15.4 Å². The van der Waals surface area contributed by atoms with E-state index in [-0.39, 0.29) is 17.7 Å². The fourth-order valence-corrected chi connectivity index (χ4v) is 5.59. The van der Waals surface area contributed by atoms with Gasteiger partial charge in [-0.25, -0.2) is 4.79 Å². The van der Waals surface area contributed by atoms with Crippen molar-refractivity contribution in [2.45, 2.75) is 37.8 Å². The van der Waals surface area contributed by atoms with Crippen LogP contribution in [0.1, 0.15) is 42.6 Å². The molecule has 0 unspecified atom stereocenters. The van der Waals surface area contributed by atoms with Crippen molar-refractivity contribution in [3.8, 4) is 5.75 Å². The van der Waals surface area contributed by atoms with Gasteiger partial charge in [0.25, 0.3) is 5.91 Å². The Hall–Kier alpha value is -3.29. The normalized spacial score (nSPS) is 21.5. The number of hydrogen-bond acceptors (Lipinski definition) is 4. The van der Waals surface area contributed by atoms with Crippen molar-refractivity contribution in [1.29, 1.82) is 0 Å². The van der Waals surface area contributed by atoms with E-state index in [0.29, 0.717) is 31.0 Å². The Morgan fingerprint density at radius 3 is 2.86 bits per heavy atom. The number of H-pyrrole nitrogens is 1. The van der Waals surface area contributed by atoms with Crippen LogP contribution in [0.4, 0.5) is 4.79 Å². The fourth-order valence-electron chi connectivity index (χ4n) is 5.41. The Balaban J connectivity index is 1.55. The summed E-state index contributed by atoms with van der Waals surface area (Å²) in [5.74, 6) is -0.0864. The van der Waals surface area contributed by atoms with Crippen LogP contribution in [0.2, 0.25) is 5.02 Å². The van der Waals surface area contributed by atoms with Gasteiger partial charge in [0.2, 0.25) is 0 Å². The van der Waals surface area contributed by atoms with Crippen LogP contribution in [0.25, 0.3) is 10.9 Å². The van der Waals surface area contributed by atoms with Crippen molar-refractivity contribution in [3.05, 3.63) is 77.0 Å². The molecule has 0 saturated carbocycles. The van der Waals surface area contributed by atoms with E-state index < -0.39 is 11.6 Å². The van der Waals surface area contributed by atoms with Gasteiger partial charge in [-0.05, 0) is 74.3 Å². The van der Waals surface area contributed by atoms with Gasteiger partial charge in [0.15, 0.2) is 0 Å². The molecule has 3 heterocycles. The third-order valence-electron chi connectivity index (χ3n) is 7.07. The second kappa shape index (κ2) is 9.06. The minimum Gasteiger partial charge on any atom is -0.508 e. The first-order valence-corrected chi connectivity index (χ1v) is 12.3. The average Bonchev–Trinajstić information content (AvgIpc) is 3.27. The van der Waals surface area contributed by atoms with Gasteiger partial charge in [-0.2, -0.15) is 0 Å². The van der Waals surface area contributed by atoms with Crippen molar-refractivity contribution < 1.29 is 14.7 Å². The number of aromatic nitrogens is 1. The molecular formula is C27H29ClN4O3. The van der Waals surface area contributed by atoms with Gasteiger partial charge in [0.05, 0.1) is 0 Å². The molecule has 5 rings (SSSR count). The molecule has 3 N–H and O–H groups in total. The number of carbonyl (C=O) groups excluding carboxylic acids is 2. The number of amides is 3. The maximum Gasteiger partial charge on any atom is 0.328 e. The molecule has 8 heteroatoms. The lowest BCUT2D eigenvalue weighted by atomic mass is 9.81. The highest BCUT2D eigenvalue weighted by molar-refractivity contribution is 6.31. The fraction of sp³-hybridized carbons (Fsp3) is 0.333. The standard InChI is InChI=1S/C27H29ClN4O3/c1-3-4-11-29-12-6-13-31-25(34)27(2)16-21-20-15-18(28)9-10-22(20)30-23(21)24(32(27)26(31)35)17-7-5-8-19(33)14-17/h3,5,7-10,14-15,24,29-30,33H,1,4,6,11-13,16H2,2H3/t24-,27+/m1/s1. The van der Waals surface area contributed by atoms with E-state index in [1.807, 2.05) is 37.3 Å². The third-order valence-corrected chi connectivity index (χ3v) is 7.31. The molecule has 182 valence electrons. The number of aromatic amines is 1. The highest BCUT2D eigenvalue weighted by Crippen LogP contribution is 2.49. The maximum absolute atomic E-state index is 13.8. The second-order valence-corrected chi connectivity index (χ2v) is 9.88. The zero-order valence-electron chi connectivity index (χ0n) is 19.7. The van der Waals surface area contributed by atoms with E-state index in [4.69, 9.17) is 11.6 Å². The molecule has 7 nitrogen and oxygen atoms in total. The summed E-state index contributed by atoms with van der Waals surface area (Å²) in [6, 6.07) is 11.7. The molecule has 1 saturated heterocycles. The highest BCUT2D eigenvalue weighted by Gasteiger charge is 2.60. The summed E-state index contributed by atoms with van der Waals surface area (Å²) in [4.78, 5) is 34.1. The Kier molecular flexibility index (Phi) is 6.07. The van der Waals surface area contributed by atoms with Crippen LogP contribution < -0.4 is 5.32 Å². The van der Waals surface area contributed by atoms with Gasteiger partial charge >= 0.3 is 6.03 Å². The summed E-state index contributed by atoms with van der Waals surface area (Å²) in [5.41, 5.74) is 2.41. The molecule has 2 atom stereocenters. The molecule has 0 aliphatic carbocycles. The Labute approximate surface area is 209 Å². The summed E-state index contributed by atoms with van der Waals surface area (Å²) in [6.45, 7) is 7.43. The van der Waals surface area contributed by atoms with Crippen molar-refractivity contribution in [3.63, 3.8) is 0 Å². The van der Waals surface area contributed by atoms with Crippen LogP contribution in [-0.4, -0.2) is 57.0 Å². The lowest BCUT2D eigenvalue weighted by Gasteiger charge is -2.42. The summed E-state index contributed by atoms with van der Waals surface area (Å²) < 4.78 is 0. The van der Waals surface area contributed by atoms with Crippen LogP contribution in [0.5, 0.6) is 5.75 Å². The molecule has 2 aliphatic rings. The summed E-state index contributed by atoms with van der Waals surface area (Å²) >= 11 is 6.32. The molecular weight excluding hydrogens is 464 g/mol. The number of aromatic hydroxyl groups is 1. The van der Waals surface area contributed by atoms with Gasteiger partial charge in [-0.1, -0.05) is 29.8 Å². The minimum atomic E-state index is -1.05. The zero-order chi connectivity index (χ0) is 24.7. The lowest BCUT2D eigenvalue weighted by molar-refractivity contribution is -0.133. The number of urea groups is 1. The minimum absolute atomic E-state index is 0.107. The van der Waals surface area contributed by atoms with E-state index in [0.717, 1.165) is 40.7 Å². The molecule has 1 fully saturated rings. The Morgan fingerprint density at radius 1 is 1.26 bits per heavy atom. The number of phenolic OH excluding ortho intramolecular Hbond substituents is 1. The van der Waals surface area contributed by atoms with Gasteiger partial charge in [-0.15, -0.1) is 6.58 Å². The summed E-state index contributed by atoms with van der Waals surface area (Å²) in [5, 5.41) is 15.1. The molecule has 2 aliphatic heterocycles. The van der Waals surface area contributed by atoms with Gasteiger partial charge in [0.1, 0.15) is 17.3 Å². The van der Waals surface area contributed by atoms with Crippen molar-refractivity contribution in [2.75, 3.05) is 19.6 Å². The first kappa shape index (κ1) is 23.5. The van der Waals surface area contributed by atoms with Crippen molar-refractivity contribution in [1.82, 2.24) is 20.1 Å². The largest absolute Gasteiger partial charge is 0.508 e. The molecule has 0 spiro atoms. The van der Waals surface area contributed by atoms with Crippen molar-refractivity contribution >= 4 is 34.4 Å². The number of fused-ring (bicyclic) bond motifs is 4. The Bertz CT molecular complexity index is 1320. The monoisotopic (exact) mass is 492 g/mol. The van der Waals surface area contributed by atoms with Crippen LogP contribution in [0.15, 0.2) is 55.1 Å². The lowest BCUT2D eigenvalue weighted by Crippen LogP contribution is -2.53. The predicted octanol–water partition coefficient (Wildman–Crippen LogP) is 4.75. The second-order valence-electron chi connectivity index (χ2n) is 9.45. The number of halogens is 1. The topological polar surface area (TPSA) is 88.7 Å². The number of imide groups is 1. The number of rotatable bonds is 8. The van der Waals surface area contributed by atoms with Crippen LogP contribution in [0.3, 0.4) is 0 Å². The highest BCUT2D eigenvalue weighted by atomic mass is 35.5. The van der Waals surface area contributed by atoms with Crippen LogP contribution in [-0.2, 0) is 11.2 Å². The predicted molar refractivity (Wildman–Crippen MR) is 137 cm³/mol. The van der Waals surface area contributed by atoms with Gasteiger partial charge in [0, 0.05) is 34.6 Å². The van der Waals surface area contributed by atoms with Crippen LogP contribution in [0, 0.1) is 0 Å². The first-order valence-electron chi connectivity index (χ1n) is 11.9. The number of benzene rings is 2. The van der Waals surface area contributed by atoms with E-state index in [9.17, 15) is 14.7 Å². The smallest absolute Gasteiger partial charge is 0.328 e. The molecule has 35 heavy (non-hydrogen) atoms. The molecule has 0 bridgehead atoms. The maximum atomic E-state index is 13.8. The number of carbonyl (C=O) groups is 2. The SMILES string of the molecule is C=CCCNCCCN1C(=O)N2[C@H](c3cccc(O)c3)c3[nH]c4ccc(Cl)cc4c3C[C@@]2(C)C1=O. The summed E-state index contributed by atoms with van der Waals surface area (Å²) in [6.07, 6.45) is 3.77. The molecule has 2 aromatic carbocycles.